The molecule has 0 aliphatic rings. The molecular formula is C15H17ClN2O. The van der Waals surface area contributed by atoms with E-state index in [1.807, 2.05) is 26.0 Å². The van der Waals surface area contributed by atoms with E-state index >= 15 is 0 Å². The molecule has 0 saturated heterocycles. The van der Waals surface area contributed by atoms with Crippen LogP contribution in [0.1, 0.15) is 34.2 Å². The second-order valence-electron chi connectivity index (χ2n) is 4.61. The third kappa shape index (κ3) is 2.87. The normalized spacial score (nSPS) is 10.7. The van der Waals surface area contributed by atoms with Crippen LogP contribution in [-0.2, 0) is 12.8 Å². The van der Waals surface area contributed by atoms with Crippen LogP contribution >= 0.6 is 11.6 Å². The molecule has 0 atom stereocenters. The van der Waals surface area contributed by atoms with Gasteiger partial charge >= 0.3 is 0 Å². The molecule has 0 N–H and O–H groups in total. The summed E-state index contributed by atoms with van der Waals surface area (Å²) in [5.41, 5.74) is 3.98. The Bertz CT molecular complexity index is 599. The first-order valence-corrected chi connectivity index (χ1v) is 6.73. The number of hydrogen-bond donors (Lipinski definition) is 0. The largest absolute Gasteiger partial charge is 0.272 e. The van der Waals surface area contributed by atoms with Crippen LogP contribution < -0.4 is 0 Å². The van der Waals surface area contributed by atoms with Crippen LogP contribution in [0.15, 0.2) is 24.3 Å². The molecule has 2 aromatic rings. The standard InChI is InChI=1S/C15H17ClN2O/c1-4-14-10(2)17-18(11(14)3)15(19)9-12-5-7-13(16)8-6-12/h5-8H,4,9H2,1-3H3. The molecule has 0 radical (unpaired) electrons. The molecule has 1 heterocycles. The van der Waals surface area contributed by atoms with Gasteiger partial charge in [0.1, 0.15) is 0 Å². The average molecular weight is 277 g/mol. The smallest absolute Gasteiger partial charge is 0.251 e. The Labute approximate surface area is 118 Å². The zero-order chi connectivity index (χ0) is 14.0. The lowest BCUT2D eigenvalue weighted by Crippen LogP contribution is -2.16. The zero-order valence-corrected chi connectivity index (χ0v) is 12.2. The first-order valence-electron chi connectivity index (χ1n) is 6.35. The predicted molar refractivity (Wildman–Crippen MR) is 76.9 cm³/mol. The Morgan fingerprint density at radius 3 is 2.42 bits per heavy atom. The summed E-state index contributed by atoms with van der Waals surface area (Å²) < 4.78 is 1.52. The summed E-state index contributed by atoms with van der Waals surface area (Å²) in [6.07, 6.45) is 1.23. The van der Waals surface area contributed by atoms with Crippen molar-refractivity contribution >= 4 is 17.5 Å². The van der Waals surface area contributed by atoms with Gasteiger partial charge in [-0.3, -0.25) is 4.79 Å². The van der Waals surface area contributed by atoms with Crippen molar-refractivity contribution in [3.63, 3.8) is 0 Å². The molecule has 0 fully saturated rings. The van der Waals surface area contributed by atoms with Crippen LogP contribution in [0, 0.1) is 13.8 Å². The molecule has 3 nitrogen and oxygen atoms in total. The maximum Gasteiger partial charge on any atom is 0.251 e. The van der Waals surface area contributed by atoms with Gasteiger partial charge in [0, 0.05) is 10.7 Å². The molecule has 0 aliphatic heterocycles. The van der Waals surface area contributed by atoms with Gasteiger partial charge in [-0.15, -0.1) is 0 Å². The highest BCUT2D eigenvalue weighted by molar-refractivity contribution is 6.30. The minimum absolute atomic E-state index is 0.0115. The van der Waals surface area contributed by atoms with E-state index in [0.29, 0.717) is 11.4 Å². The number of carbonyl (C=O) groups excluding carboxylic acids is 1. The van der Waals surface area contributed by atoms with Crippen LogP contribution in [0.4, 0.5) is 0 Å². The number of halogens is 1. The van der Waals surface area contributed by atoms with Crippen molar-refractivity contribution in [3.05, 3.63) is 51.8 Å². The maximum absolute atomic E-state index is 12.3. The van der Waals surface area contributed by atoms with Crippen molar-refractivity contribution in [2.75, 3.05) is 0 Å². The third-order valence-corrected chi connectivity index (χ3v) is 3.55. The third-order valence-electron chi connectivity index (χ3n) is 3.30. The topological polar surface area (TPSA) is 34.9 Å². The molecule has 4 heteroatoms. The van der Waals surface area contributed by atoms with Gasteiger partial charge in [0.15, 0.2) is 0 Å². The van der Waals surface area contributed by atoms with Gasteiger partial charge < -0.3 is 0 Å². The van der Waals surface area contributed by atoms with Gasteiger partial charge in [-0.05, 0) is 43.5 Å². The van der Waals surface area contributed by atoms with Crippen LogP contribution in [0.25, 0.3) is 0 Å². The van der Waals surface area contributed by atoms with Gasteiger partial charge in [-0.1, -0.05) is 30.7 Å². The first-order chi connectivity index (χ1) is 9.02. The van der Waals surface area contributed by atoms with Gasteiger partial charge in [0.05, 0.1) is 12.1 Å². The fourth-order valence-electron chi connectivity index (χ4n) is 2.28. The van der Waals surface area contributed by atoms with Crippen molar-refractivity contribution in [1.82, 2.24) is 9.78 Å². The molecule has 2 rings (SSSR count). The lowest BCUT2D eigenvalue weighted by Gasteiger charge is -2.04. The summed E-state index contributed by atoms with van der Waals surface area (Å²) >= 11 is 5.83. The number of nitrogens with zero attached hydrogens (tertiary/aromatic N) is 2. The minimum Gasteiger partial charge on any atom is -0.272 e. The van der Waals surface area contributed by atoms with Gasteiger partial charge in [0.25, 0.3) is 5.91 Å². The lowest BCUT2D eigenvalue weighted by atomic mass is 10.1. The Morgan fingerprint density at radius 2 is 1.89 bits per heavy atom. The molecule has 0 spiro atoms. The Balaban J connectivity index is 2.23. The quantitative estimate of drug-likeness (QED) is 0.858. The van der Waals surface area contributed by atoms with Crippen LogP contribution in [0.5, 0.6) is 0 Å². The monoisotopic (exact) mass is 276 g/mol. The summed E-state index contributed by atoms with van der Waals surface area (Å²) in [7, 11) is 0. The van der Waals surface area contributed by atoms with Crippen molar-refractivity contribution in [2.45, 2.75) is 33.6 Å². The number of carbonyl (C=O) groups is 1. The maximum atomic E-state index is 12.3. The SMILES string of the molecule is CCc1c(C)nn(C(=O)Cc2ccc(Cl)cc2)c1C. The highest BCUT2D eigenvalue weighted by Gasteiger charge is 2.15. The minimum atomic E-state index is -0.0115. The number of rotatable bonds is 3. The fraction of sp³-hybridized carbons (Fsp3) is 0.333. The van der Waals surface area contributed by atoms with Crippen LogP contribution in [0.2, 0.25) is 5.02 Å². The van der Waals surface area contributed by atoms with E-state index in [-0.39, 0.29) is 5.91 Å². The van der Waals surface area contributed by atoms with Gasteiger partial charge in [0.2, 0.25) is 0 Å². The van der Waals surface area contributed by atoms with Crippen LogP contribution in [-0.4, -0.2) is 15.7 Å². The highest BCUT2D eigenvalue weighted by Crippen LogP contribution is 2.15. The van der Waals surface area contributed by atoms with Crippen molar-refractivity contribution < 1.29 is 4.79 Å². The summed E-state index contributed by atoms with van der Waals surface area (Å²) in [4.78, 5) is 12.3. The van der Waals surface area contributed by atoms with Gasteiger partial charge in [-0.25, -0.2) is 4.68 Å². The average Bonchev–Trinajstić information content (AvgIpc) is 2.67. The second kappa shape index (κ2) is 5.57. The van der Waals surface area contributed by atoms with E-state index in [9.17, 15) is 4.79 Å². The van der Waals surface area contributed by atoms with E-state index in [2.05, 4.69) is 12.0 Å². The number of benzene rings is 1. The molecule has 1 aromatic carbocycles. The molecule has 100 valence electrons. The van der Waals surface area contributed by atoms with Gasteiger partial charge in [-0.2, -0.15) is 5.10 Å². The summed E-state index contributed by atoms with van der Waals surface area (Å²) in [5.74, 6) is -0.0115. The lowest BCUT2D eigenvalue weighted by molar-refractivity contribution is 0.0895. The van der Waals surface area contributed by atoms with E-state index in [1.165, 1.54) is 4.68 Å². The van der Waals surface area contributed by atoms with Crippen molar-refractivity contribution in [2.24, 2.45) is 0 Å². The van der Waals surface area contributed by atoms with E-state index in [0.717, 1.165) is 28.9 Å². The summed E-state index contributed by atoms with van der Waals surface area (Å²) in [6, 6.07) is 7.32. The van der Waals surface area contributed by atoms with Crippen molar-refractivity contribution in [1.29, 1.82) is 0 Å². The summed E-state index contributed by atoms with van der Waals surface area (Å²) in [5, 5.41) is 5.01. The molecule has 0 bridgehead atoms. The van der Waals surface area contributed by atoms with E-state index in [4.69, 9.17) is 11.6 Å². The van der Waals surface area contributed by atoms with Crippen molar-refractivity contribution in [3.8, 4) is 0 Å². The number of aryl methyl sites for hydroxylation is 1. The molecule has 0 saturated carbocycles. The predicted octanol–water partition coefficient (Wildman–Crippen LogP) is 3.60. The molecule has 19 heavy (non-hydrogen) atoms. The number of hydrogen-bond acceptors (Lipinski definition) is 2. The highest BCUT2D eigenvalue weighted by atomic mass is 35.5. The first kappa shape index (κ1) is 13.8. The molecule has 0 unspecified atom stereocenters. The Kier molecular flexibility index (Phi) is 4.05. The molecule has 1 aromatic heterocycles. The molecule has 0 amide bonds. The second-order valence-corrected chi connectivity index (χ2v) is 5.05. The molecule has 0 aliphatic carbocycles. The molecular weight excluding hydrogens is 260 g/mol. The zero-order valence-electron chi connectivity index (χ0n) is 11.4. The van der Waals surface area contributed by atoms with E-state index in [1.54, 1.807) is 12.1 Å². The van der Waals surface area contributed by atoms with Crippen LogP contribution in [0.3, 0.4) is 0 Å². The number of aromatic nitrogens is 2. The fourth-order valence-corrected chi connectivity index (χ4v) is 2.41. The summed E-state index contributed by atoms with van der Waals surface area (Å²) in [6.45, 7) is 5.96. The Hall–Kier alpha value is -1.61. The Morgan fingerprint density at radius 1 is 1.26 bits per heavy atom. The van der Waals surface area contributed by atoms with E-state index < -0.39 is 0 Å².